The van der Waals surface area contributed by atoms with E-state index in [4.69, 9.17) is 40.5 Å². The molecule has 0 heterocycles. The first kappa shape index (κ1) is 15.3. The zero-order chi connectivity index (χ0) is 14.9. The number of hydrogen-bond donors (Lipinski definition) is 1. The average Bonchev–Trinajstić information content (AvgIpc) is 2.37. The Morgan fingerprint density at radius 1 is 1.00 bits per heavy atom. The van der Waals surface area contributed by atoms with Gasteiger partial charge in [0.15, 0.2) is 0 Å². The van der Waals surface area contributed by atoms with Gasteiger partial charge in [-0.25, -0.2) is 0 Å². The predicted molar refractivity (Wildman–Crippen MR) is 89.1 cm³/mol. The Hall–Kier alpha value is -1.09. The van der Waals surface area contributed by atoms with Crippen LogP contribution in [0.15, 0.2) is 36.4 Å². The van der Waals surface area contributed by atoms with Crippen LogP contribution in [0.3, 0.4) is 0 Å². The molecule has 2 aromatic carbocycles. The van der Waals surface area contributed by atoms with Crippen molar-refractivity contribution in [1.29, 1.82) is 0 Å². The van der Waals surface area contributed by atoms with Crippen LogP contribution in [-0.2, 0) is 0 Å². The molecule has 106 valence electrons. The van der Waals surface area contributed by atoms with Gasteiger partial charge in [-0.15, -0.1) is 0 Å². The third-order valence-corrected chi connectivity index (χ3v) is 4.15. The van der Waals surface area contributed by atoms with E-state index in [1.165, 1.54) is 0 Å². The van der Waals surface area contributed by atoms with Gasteiger partial charge in [-0.05, 0) is 36.8 Å². The van der Waals surface area contributed by atoms with Crippen LogP contribution in [0.2, 0.25) is 15.1 Å². The van der Waals surface area contributed by atoms with E-state index in [0.717, 1.165) is 11.3 Å². The maximum Gasteiger partial charge on any atom is 0.0748 e. The fourth-order valence-electron chi connectivity index (χ4n) is 2.08. The van der Waals surface area contributed by atoms with E-state index in [1.807, 2.05) is 36.2 Å². The quantitative estimate of drug-likeness (QED) is 0.761. The minimum absolute atomic E-state index is 0.103. The summed E-state index contributed by atoms with van der Waals surface area (Å²) in [7, 11) is 1.95. The van der Waals surface area contributed by atoms with E-state index >= 15 is 0 Å². The van der Waals surface area contributed by atoms with Gasteiger partial charge in [-0.1, -0.05) is 46.9 Å². The first-order chi connectivity index (χ1) is 9.40. The average molecular weight is 330 g/mol. The molecule has 5 heteroatoms. The van der Waals surface area contributed by atoms with Crippen LogP contribution < -0.4 is 10.6 Å². The van der Waals surface area contributed by atoms with Crippen LogP contribution in [0.4, 0.5) is 11.4 Å². The lowest BCUT2D eigenvalue weighted by Gasteiger charge is -2.29. The number of nitrogens with two attached hydrogens (primary N) is 1. The van der Waals surface area contributed by atoms with Crippen molar-refractivity contribution in [2.24, 2.45) is 0 Å². The Morgan fingerprint density at radius 2 is 1.50 bits per heavy atom. The van der Waals surface area contributed by atoms with Crippen LogP contribution >= 0.6 is 34.8 Å². The molecule has 0 saturated carbocycles. The highest BCUT2D eigenvalue weighted by atomic mass is 35.5. The molecule has 0 fully saturated rings. The van der Waals surface area contributed by atoms with Crippen molar-refractivity contribution in [3.8, 4) is 0 Å². The third-order valence-electron chi connectivity index (χ3n) is 3.33. The molecule has 2 nitrogen and oxygen atoms in total. The summed E-state index contributed by atoms with van der Waals surface area (Å²) < 4.78 is 0. The summed E-state index contributed by atoms with van der Waals surface area (Å²) in [5.41, 5.74) is 8.18. The molecule has 0 aliphatic heterocycles. The molecule has 0 amide bonds. The molecule has 0 bridgehead atoms. The molecule has 0 aliphatic carbocycles. The van der Waals surface area contributed by atoms with Gasteiger partial charge in [0.1, 0.15) is 0 Å². The van der Waals surface area contributed by atoms with Gasteiger partial charge in [0, 0.05) is 17.8 Å². The Bertz CT molecular complexity index is 588. The van der Waals surface area contributed by atoms with Gasteiger partial charge in [0.25, 0.3) is 0 Å². The van der Waals surface area contributed by atoms with E-state index in [-0.39, 0.29) is 6.04 Å². The summed E-state index contributed by atoms with van der Waals surface area (Å²) in [5.74, 6) is 0. The maximum absolute atomic E-state index is 6.26. The largest absolute Gasteiger partial charge is 0.399 e. The molecule has 0 aromatic heterocycles. The summed E-state index contributed by atoms with van der Waals surface area (Å²) in [6.45, 7) is 2.08. The van der Waals surface area contributed by atoms with Crippen molar-refractivity contribution >= 4 is 46.2 Å². The zero-order valence-corrected chi connectivity index (χ0v) is 13.5. The maximum atomic E-state index is 6.26. The summed E-state index contributed by atoms with van der Waals surface area (Å²) in [6, 6.07) is 11.2. The fourth-order valence-corrected chi connectivity index (χ4v) is 2.98. The van der Waals surface area contributed by atoms with E-state index in [2.05, 4.69) is 6.92 Å². The number of anilines is 2. The van der Waals surface area contributed by atoms with Crippen LogP contribution in [0.5, 0.6) is 0 Å². The number of benzene rings is 2. The molecular formula is C15H15Cl3N2. The van der Waals surface area contributed by atoms with Gasteiger partial charge >= 0.3 is 0 Å². The lowest BCUT2D eigenvalue weighted by molar-refractivity contribution is 0.740. The minimum Gasteiger partial charge on any atom is -0.399 e. The Morgan fingerprint density at radius 3 is 2.00 bits per heavy atom. The third kappa shape index (κ3) is 3.14. The van der Waals surface area contributed by atoms with Crippen LogP contribution in [0.25, 0.3) is 0 Å². The Labute approximate surface area is 134 Å². The molecule has 0 spiro atoms. The van der Waals surface area contributed by atoms with Crippen molar-refractivity contribution in [3.63, 3.8) is 0 Å². The van der Waals surface area contributed by atoms with E-state index < -0.39 is 0 Å². The van der Waals surface area contributed by atoms with Crippen LogP contribution in [0.1, 0.15) is 18.5 Å². The first-order valence-corrected chi connectivity index (χ1v) is 7.26. The molecule has 2 N–H and O–H groups in total. The lowest BCUT2D eigenvalue weighted by Crippen LogP contribution is -2.22. The van der Waals surface area contributed by atoms with E-state index in [1.54, 1.807) is 12.1 Å². The Kier molecular flexibility index (Phi) is 4.69. The number of hydrogen-bond acceptors (Lipinski definition) is 2. The van der Waals surface area contributed by atoms with Gasteiger partial charge in [-0.3, -0.25) is 0 Å². The molecule has 0 saturated heterocycles. The second-order valence-corrected chi connectivity index (χ2v) is 5.92. The van der Waals surface area contributed by atoms with Crippen molar-refractivity contribution in [2.75, 3.05) is 17.7 Å². The monoisotopic (exact) mass is 328 g/mol. The molecule has 2 rings (SSSR count). The standard InChI is InChI=1S/C15H15Cl3N2/c1-9(10-3-5-11(16)6-4-10)20(2)15-13(17)7-12(19)8-14(15)18/h3-9H,19H2,1-2H3. The SMILES string of the molecule is CC(c1ccc(Cl)cc1)N(C)c1c(Cl)cc(N)cc1Cl. The zero-order valence-electron chi connectivity index (χ0n) is 11.2. The van der Waals surface area contributed by atoms with Crippen molar-refractivity contribution in [2.45, 2.75) is 13.0 Å². The normalized spacial score (nSPS) is 12.2. The van der Waals surface area contributed by atoms with Crippen molar-refractivity contribution < 1.29 is 0 Å². The van der Waals surface area contributed by atoms with E-state index in [0.29, 0.717) is 20.8 Å². The molecule has 2 aromatic rings. The lowest BCUT2D eigenvalue weighted by atomic mass is 10.1. The number of rotatable bonds is 3. The highest BCUT2D eigenvalue weighted by Crippen LogP contribution is 2.38. The van der Waals surface area contributed by atoms with Crippen LogP contribution in [0, 0.1) is 0 Å². The number of nitrogen functional groups attached to an aromatic ring is 1. The predicted octanol–water partition coefficient (Wildman–Crippen LogP) is 5.43. The molecule has 0 aliphatic rings. The van der Waals surface area contributed by atoms with Gasteiger partial charge < -0.3 is 10.6 Å². The topological polar surface area (TPSA) is 29.3 Å². The minimum atomic E-state index is 0.103. The highest BCUT2D eigenvalue weighted by molar-refractivity contribution is 6.39. The van der Waals surface area contributed by atoms with Gasteiger partial charge in [0.05, 0.1) is 21.8 Å². The second kappa shape index (κ2) is 6.13. The summed E-state index contributed by atoms with van der Waals surface area (Å²) in [5, 5.41) is 1.80. The van der Waals surface area contributed by atoms with Gasteiger partial charge in [-0.2, -0.15) is 0 Å². The highest BCUT2D eigenvalue weighted by Gasteiger charge is 2.18. The molecule has 20 heavy (non-hydrogen) atoms. The number of nitrogens with zero attached hydrogens (tertiary/aromatic N) is 1. The van der Waals surface area contributed by atoms with Gasteiger partial charge in [0.2, 0.25) is 0 Å². The van der Waals surface area contributed by atoms with Crippen molar-refractivity contribution in [1.82, 2.24) is 0 Å². The summed E-state index contributed by atoms with van der Waals surface area (Å²) in [6.07, 6.45) is 0. The molecular weight excluding hydrogens is 315 g/mol. The van der Waals surface area contributed by atoms with Crippen molar-refractivity contribution in [3.05, 3.63) is 57.0 Å². The first-order valence-electron chi connectivity index (χ1n) is 6.13. The second-order valence-electron chi connectivity index (χ2n) is 4.67. The molecule has 0 radical (unpaired) electrons. The van der Waals surface area contributed by atoms with Crippen LogP contribution in [-0.4, -0.2) is 7.05 Å². The smallest absolute Gasteiger partial charge is 0.0748 e. The Balaban J connectivity index is 2.36. The number of halogens is 3. The summed E-state index contributed by atoms with van der Waals surface area (Å²) >= 11 is 18.4. The molecule has 1 unspecified atom stereocenters. The van der Waals surface area contributed by atoms with E-state index in [9.17, 15) is 0 Å². The molecule has 1 atom stereocenters. The fraction of sp³-hybridized carbons (Fsp3) is 0.200. The summed E-state index contributed by atoms with van der Waals surface area (Å²) in [4.78, 5) is 2.02.